The van der Waals surface area contributed by atoms with E-state index >= 15 is 0 Å². The first kappa shape index (κ1) is 16.0. The predicted octanol–water partition coefficient (Wildman–Crippen LogP) is 1.87. The van der Waals surface area contributed by atoms with Gasteiger partial charge in [-0.1, -0.05) is 18.3 Å². The molecule has 0 amide bonds. The Morgan fingerprint density at radius 1 is 1.42 bits per heavy atom. The van der Waals surface area contributed by atoms with E-state index in [2.05, 4.69) is 4.72 Å². The summed E-state index contributed by atoms with van der Waals surface area (Å²) >= 11 is 4.72. The summed E-state index contributed by atoms with van der Waals surface area (Å²) in [6.07, 6.45) is 1.95. The van der Waals surface area contributed by atoms with Crippen LogP contribution in [0.1, 0.15) is 24.8 Å². The largest absolute Gasteiger partial charge is 0.393 e. The summed E-state index contributed by atoms with van der Waals surface area (Å²) in [5.74, 6) is -0.570. The van der Waals surface area contributed by atoms with Crippen LogP contribution >= 0.6 is 12.2 Å². The summed E-state index contributed by atoms with van der Waals surface area (Å²) in [5.41, 5.74) is 5.85. The molecule has 0 aromatic heterocycles. The number of sulfonamides is 1. The Balaban J connectivity index is 2.61. The van der Waals surface area contributed by atoms with Gasteiger partial charge >= 0.3 is 0 Å². The molecule has 0 aliphatic carbocycles. The van der Waals surface area contributed by atoms with E-state index in [0.29, 0.717) is 23.4 Å². The second kappa shape index (κ2) is 6.93. The Labute approximate surface area is 118 Å². The number of hydrogen-bond acceptors (Lipinski definition) is 3. The molecule has 0 saturated carbocycles. The van der Waals surface area contributed by atoms with Crippen molar-refractivity contribution < 1.29 is 12.8 Å². The van der Waals surface area contributed by atoms with Gasteiger partial charge in [-0.05, 0) is 43.9 Å². The molecule has 0 unspecified atom stereocenters. The molecule has 0 radical (unpaired) electrons. The lowest BCUT2D eigenvalue weighted by Gasteiger charge is -2.09. The molecule has 0 fully saturated rings. The van der Waals surface area contributed by atoms with E-state index in [1.807, 2.05) is 0 Å². The van der Waals surface area contributed by atoms with E-state index in [4.69, 9.17) is 18.0 Å². The third-order valence-electron chi connectivity index (χ3n) is 2.58. The third kappa shape index (κ3) is 5.22. The van der Waals surface area contributed by atoms with Gasteiger partial charge in [-0.25, -0.2) is 17.5 Å². The molecule has 1 aromatic carbocycles. The van der Waals surface area contributed by atoms with Crippen LogP contribution in [0.25, 0.3) is 0 Å². The number of nitrogens with two attached hydrogens (primary N) is 1. The smallest absolute Gasteiger partial charge is 0.240 e. The van der Waals surface area contributed by atoms with Crippen LogP contribution in [-0.4, -0.2) is 20.0 Å². The fourth-order valence-corrected chi connectivity index (χ4v) is 3.04. The number of halogens is 1. The zero-order chi connectivity index (χ0) is 14.5. The molecule has 0 atom stereocenters. The molecule has 0 heterocycles. The maximum absolute atomic E-state index is 13.1. The van der Waals surface area contributed by atoms with Gasteiger partial charge in [-0.2, -0.15) is 0 Å². The van der Waals surface area contributed by atoms with Crippen LogP contribution in [0.15, 0.2) is 23.1 Å². The Kier molecular flexibility index (Phi) is 5.84. The molecule has 0 saturated heterocycles. The van der Waals surface area contributed by atoms with Crippen LogP contribution in [0.5, 0.6) is 0 Å². The van der Waals surface area contributed by atoms with Crippen molar-refractivity contribution in [2.75, 3.05) is 6.54 Å². The lowest BCUT2D eigenvalue weighted by atomic mass is 10.2. The highest BCUT2D eigenvalue weighted by atomic mass is 32.2. The van der Waals surface area contributed by atoms with Crippen molar-refractivity contribution in [1.29, 1.82) is 0 Å². The van der Waals surface area contributed by atoms with Gasteiger partial charge in [0.25, 0.3) is 0 Å². The summed E-state index contributed by atoms with van der Waals surface area (Å²) in [5, 5.41) is 0. The van der Waals surface area contributed by atoms with Crippen molar-refractivity contribution in [1.82, 2.24) is 4.72 Å². The van der Waals surface area contributed by atoms with Crippen LogP contribution in [0.4, 0.5) is 4.39 Å². The summed E-state index contributed by atoms with van der Waals surface area (Å²) in [6, 6.07) is 3.69. The fraction of sp³-hybridized carbons (Fsp3) is 0.417. The van der Waals surface area contributed by atoms with E-state index < -0.39 is 15.8 Å². The first-order chi connectivity index (χ1) is 8.83. The molecule has 0 bridgehead atoms. The predicted molar refractivity (Wildman–Crippen MR) is 77.0 cm³/mol. The Morgan fingerprint density at radius 3 is 2.74 bits per heavy atom. The van der Waals surface area contributed by atoms with Crippen LogP contribution < -0.4 is 10.5 Å². The minimum atomic E-state index is -3.67. The summed E-state index contributed by atoms with van der Waals surface area (Å²) in [4.78, 5) is 0.394. The molecule has 4 nitrogen and oxygen atoms in total. The van der Waals surface area contributed by atoms with E-state index in [-0.39, 0.29) is 11.4 Å². The zero-order valence-corrected chi connectivity index (χ0v) is 12.3. The van der Waals surface area contributed by atoms with Gasteiger partial charge in [0.15, 0.2) is 0 Å². The molecule has 0 spiro atoms. The molecule has 19 heavy (non-hydrogen) atoms. The van der Waals surface area contributed by atoms with Gasteiger partial charge in [-0.3, -0.25) is 0 Å². The van der Waals surface area contributed by atoms with Crippen molar-refractivity contribution in [3.8, 4) is 0 Å². The highest BCUT2D eigenvalue weighted by Crippen LogP contribution is 2.16. The summed E-state index contributed by atoms with van der Waals surface area (Å²) in [7, 11) is -3.67. The lowest BCUT2D eigenvalue weighted by molar-refractivity contribution is 0.573. The quantitative estimate of drug-likeness (QED) is 0.596. The number of rotatable bonds is 7. The van der Waals surface area contributed by atoms with Gasteiger partial charge in [0, 0.05) is 6.54 Å². The maximum atomic E-state index is 13.1. The Hall–Kier alpha value is -1.05. The average Bonchev–Trinajstić information content (AvgIpc) is 2.31. The van der Waals surface area contributed by atoms with Gasteiger partial charge < -0.3 is 5.73 Å². The van der Waals surface area contributed by atoms with Gasteiger partial charge in [0.1, 0.15) is 5.82 Å². The topological polar surface area (TPSA) is 72.2 Å². The van der Waals surface area contributed by atoms with E-state index in [1.165, 1.54) is 12.1 Å². The molecule has 7 heteroatoms. The van der Waals surface area contributed by atoms with E-state index in [1.54, 1.807) is 6.92 Å². The molecule has 106 valence electrons. The third-order valence-corrected chi connectivity index (χ3v) is 4.39. The Morgan fingerprint density at radius 2 is 2.11 bits per heavy atom. The van der Waals surface area contributed by atoms with Crippen LogP contribution in [0.2, 0.25) is 0 Å². The van der Waals surface area contributed by atoms with Crippen molar-refractivity contribution in [3.05, 3.63) is 29.6 Å². The number of nitrogens with one attached hydrogen (secondary N) is 1. The molecule has 3 N–H and O–H groups in total. The lowest BCUT2D eigenvalue weighted by Crippen LogP contribution is -2.25. The summed E-state index contributed by atoms with van der Waals surface area (Å²) < 4.78 is 39.5. The van der Waals surface area contributed by atoms with Crippen molar-refractivity contribution in [3.63, 3.8) is 0 Å². The maximum Gasteiger partial charge on any atom is 0.240 e. The monoisotopic (exact) mass is 304 g/mol. The van der Waals surface area contributed by atoms with E-state index in [9.17, 15) is 12.8 Å². The van der Waals surface area contributed by atoms with Crippen molar-refractivity contribution in [2.24, 2.45) is 5.73 Å². The normalized spacial score (nSPS) is 11.5. The summed E-state index contributed by atoms with van der Waals surface area (Å²) in [6.45, 7) is 1.90. The first-order valence-electron chi connectivity index (χ1n) is 5.87. The van der Waals surface area contributed by atoms with Gasteiger partial charge in [-0.15, -0.1) is 0 Å². The number of benzene rings is 1. The molecule has 1 aromatic rings. The second-order valence-electron chi connectivity index (χ2n) is 4.23. The van der Waals surface area contributed by atoms with Gasteiger partial charge in [0.05, 0.1) is 9.88 Å². The minimum absolute atomic E-state index is 0.0261. The minimum Gasteiger partial charge on any atom is -0.393 e. The molecular weight excluding hydrogens is 287 g/mol. The number of hydrogen-bond donors (Lipinski definition) is 2. The number of aryl methyl sites for hydroxylation is 1. The second-order valence-corrected chi connectivity index (χ2v) is 6.49. The van der Waals surface area contributed by atoms with Crippen LogP contribution in [-0.2, 0) is 10.0 Å². The average molecular weight is 304 g/mol. The van der Waals surface area contributed by atoms with Crippen molar-refractivity contribution in [2.45, 2.75) is 31.1 Å². The molecule has 0 aliphatic heterocycles. The molecule has 1 rings (SSSR count). The van der Waals surface area contributed by atoms with Crippen LogP contribution in [0, 0.1) is 12.7 Å². The highest BCUT2D eigenvalue weighted by Gasteiger charge is 2.16. The standard InChI is InChI=1S/C12H17FN2O2S2/c1-9-5-6-10(13)8-11(9)19(16,17)15-7-3-2-4-12(14)18/h5-6,8,15H,2-4,7H2,1H3,(H2,14,18). The fourth-order valence-electron chi connectivity index (χ4n) is 1.57. The Bertz CT molecular complexity index is 559. The number of thiocarbonyl (C=S) groups is 1. The molecule has 0 aliphatic rings. The zero-order valence-electron chi connectivity index (χ0n) is 10.6. The van der Waals surface area contributed by atoms with Gasteiger partial charge in [0.2, 0.25) is 10.0 Å². The number of unbranched alkanes of at least 4 members (excludes halogenated alkanes) is 1. The molecular formula is C12H17FN2O2S2. The van der Waals surface area contributed by atoms with Crippen LogP contribution in [0.3, 0.4) is 0 Å². The highest BCUT2D eigenvalue weighted by molar-refractivity contribution is 7.89. The van der Waals surface area contributed by atoms with E-state index in [0.717, 1.165) is 12.5 Å². The first-order valence-corrected chi connectivity index (χ1v) is 7.76. The SMILES string of the molecule is Cc1ccc(F)cc1S(=O)(=O)NCCCCC(N)=S. The van der Waals surface area contributed by atoms with Crippen molar-refractivity contribution >= 4 is 27.2 Å².